The van der Waals surface area contributed by atoms with Gasteiger partial charge in [-0.2, -0.15) is 0 Å². The van der Waals surface area contributed by atoms with E-state index >= 15 is 0 Å². The van der Waals surface area contributed by atoms with E-state index in [0.717, 1.165) is 11.8 Å². The predicted molar refractivity (Wildman–Crippen MR) is 86.0 cm³/mol. The molecule has 2 fully saturated rings. The van der Waals surface area contributed by atoms with Gasteiger partial charge in [-0.3, -0.25) is 0 Å². The van der Waals surface area contributed by atoms with Crippen molar-refractivity contribution in [3.05, 3.63) is 35.9 Å². The molecule has 1 saturated carbocycles. The van der Waals surface area contributed by atoms with Crippen LogP contribution in [0.5, 0.6) is 0 Å². The molecule has 0 radical (unpaired) electrons. The Bertz CT molecular complexity index is 401. The van der Waals surface area contributed by atoms with Gasteiger partial charge in [-0.25, -0.2) is 0 Å². The molecule has 1 aromatic carbocycles. The number of nitrogens with one attached hydrogen (secondary N) is 1. The molecule has 1 heteroatoms. The molecular formula is C19H29N. The molecule has 20 heavy (non-hydrogen) atoms. The van der Waals surface area contributed by atoms with Crippen molar-refractivity contribution >= 4 is 0 Å². The second-order valence-corrected chi connectivity index (χ2v) is 6.99. The molecule has 0 bridgehead atoms. The molecule has 110 valence electrons. The summed E-state index contributed by atoms with van der Waals surface area (Å²) in [5.74, 6) is 1.75. The first-order chi connectivity index (χ1) is 9.84. The maximum absolute atomic E-state index is 3.63. The lowest BCUT2D eigenvalue weighted by Crippen LogP contribution is -2.46. The third kappa shape index (κ3) is 2.79. The van der Waals surface area contributed by atoms with Gasteiger partial charge in [0.2, 0.25) is 0 Å². The van der Waals surface area contributed by atoms with E-state index < -0.39 is 0 Å². The van der Waals surface area contributed by atoms with E-state index in [1.54, 1.807) is 5.56 Å². The monoisotopic (exact) mass is 271 g/mol. The fourth-order valence-corrected chi connectivity index (χ4v) is 4.70. The molecule has 0 amide bonds. The van der Waals surface area contributed by atoms with Crippen LogP contribution in [0.3, 0.4) is 0 Å². The van der Waals surface area contributed by atoms with E-state index in [4.69, 9.17) is 0 Å². The zero-order chi connectivity index (χ0) is 13.8. The highest BCUT2D eigenvalue weighted by molar-refractivity contribution is 5.20. The van der Waals surface area contributed by atoms with E-state index in [1.165, 1.54) is 58.0 Å². The summed E-state index contributed by atoms with van der Waals surface area (Å²) in [6.45, 7) is 4.86. The van der Waals surface area contributed by atoms with Crippen molar-refractivity contribution in [1.82, 2.24) is 5.32 Å². The summed E-state index contributed by atoms with van der Waals surface area (Å²) in [5.41, 5.74) is 2.25. The average Bonchev–Trinajstić information content (AvgIpc) is 2.52. The van der Waals surface area contributed by atoms with Crippen LogP contribution in [-0.4, -0.2) is 13.1 Å². The minimum absolute atomic E-state index is 0.673. The van der Waals surface area contributed by atoms with Gasteiger partial charge in [0.1, 0.15) is 0 Å². The lowest BCUT2D eigenvalue weighted by Gasteiger charge is -2.49. The second-order valence-electron chi connectivity index (χ2n) is 6.99. The van der Waals surface area contributed by atoms with Gasteiger partial charge in [-0.05, 0) is 74.4 Å². The van der Waals surface area contributed by atoms with Crippen molar-refractivity contribution in [2.45, 2.75) is 57.8 Å². The van der Waals surface area contributed by atoms with Gasteiger partial charge in [0.05, 0.1) is 0 Å². The van der Waals surface area contributed by atoms with E-state index in [0.29, 0.717) is 5.41 Å². The van der Waals surface area contributed by atoms with Crippen molar-refractivity contribution in [2.75, 3.05) is 13.1 Å². The van der Waals surface area contributed by atoms with Crippen molar-refractivity contribution in [1.29, 1.82) is 0 Å². The molecule has 0 aromatic heterocycles. The molecule has 2 aliphatic rings. The van der Waals surface area contributed by atoms with Crippen molar-refractivity contribution in [3.63, 3.8) is 0 Å². The zero-order valence-electron chi connectivity index (χ0n) is 12.9. The first-order valence-electron chi connectivity index (χ1n) is 8.60. The Labute approximate surface area is 124 Å². The minimum Gasteiger partial charge on any atom is -0.316 e. The van der Waals surface area contributed by atoms with Gasteiger partial charge in [0.15, 0.2) is 0 Å². The van der Waals surface area contributed by atoms with Crippen LogP contribution < -0.4 is 5.32 Å². The van der Waals surface area contributed by atoms with Crippen LogP contribution in [0, 0.1) is 11.3 Å². The number of benzene rings is 1. The van der Waals surface area contributed by atoms with Crippen LogP contribution in [0.4, 0.5) is 0 Å². The van der Waals surface area contributed by atoms with Crippen LogP contribution in [0.2, 0.25) is 0 Å². The van der Waals surface area contributed by atoms with Crippen LogP contribution in [-0.2, 0) is 0 Å². The molecule has 1 heterocycles. The highest BCUT2D eigenvalue weighted by Crippen LogP contribution is 2.51. The highest BCUT2D eigenvalue weighted by Gasteiger charge is 2.42. The van der Waals surface area contributed by atoms with E-state index in [-0.39, 0.29) is 0 Å². The third-order valence-corrected chi connectivity index (χ3v) is 5.95. The van der Waals surface area contributed by atoms with E-state index in [2.05, 4.69) is 42.6 Å². The van der Waals surface area contributed by atoms with Crippen molar-refractivity contribution in [2.24, 2.45) is 11.3 Å². The van der Waals surface area contributed by atoms with Gasteiger partial charge in [0.25, 0.3) is 0 Å². The Balaban J connectivity index is 1.67. The molecule has 1 spiro atoms. The lowest BCUT2D eigenvalue weighted by molar-refractivity contribution is 0.0468. The smallest absolute Gasteiger partial charge is 0.00152 e. The molecule has 3 rings (SSSR count). The SMILES string of the molecule is CCCC1CNCCC12CCC(c1ccccc1)CC2. The van der Waals surface area contributed by atoms with Crippen molar-refractivity contribution < 1.29 is 0 Å². The summed E-state index contributed by atoms with van der Waals surface area (Å²) in [6.07, 6.45) is 9.91. The number of hydrogen-bond acceptors (Lipinski definition) is 1. The first kappa shape index (κ1) is 14.1. The van der Waals surface area contributed by atoms with Crippen molar-refractivity contribution in [3.8, 4) is 0 Å². The zero-order valence-corrected chi connectivity index (χ0v) is 12.9. The Hall–Kier alpha value is -0.820. The fourth-order valence-electron chi connectivity index (χ4n) is 4.70. The molecule has 1 unspecified atom stereocenters. The maximum Gasteiger partial charge on any atom is -0.00152 e. The summed E-state index contributed by atoms with van der Waals surface area (Å²) in [7, 11) is 0. The molecule has 1 aliphatic carbocycles. The van der Waals surface area contributed by atoms with E-state index in [9.17, 15) is 0 Å². The number of piperidine rings is 1. The Morgan fingerprint density at radius 1 is 1.10 bits per heavy atom. The second kappa shape index (κ2) is 6.30. The highest BCUT2D eigenvalue weighted by atomic mass is 14.9. The van der Waals surface area contributed by atoms with Gasteiger partial charge in [-0.15, -0.1) is 0 Å². The maximum atomic E-state index is 3.63. The fraction of sp³-hybridized carbons (Fsp3) is 0.684. The standard InChI is InChI=1S/C19H29N/c1-2-6-18-15-20-14-13-19(18)11-9-17(10-12-19)16-7-4-3-5-8-16/h3-5,7-8,17-18,20H,2,6,9-15H2,1H3. The predicted octanol–water partition coefficient (Wildman–Crippen LogP) is 4.74. The molecule has 1 aromatic rings. The van der Waals surface area contributed by atoms with Gasteiger partial charge in [-0.1, -0.05) is 43.7 Å². The summed E-state index contributed by atoms with van der Waals surface area (Å²) in [5, 5.41) is 3.63. The molecular weight excluding hydrogens is 242 g/mol. The largest absolute Gasteiger partial charge is 0.316 e. The number of hydrogen-bond donors (Lipinski definition) is 1. The van der Waals surface area contributed by atoms with E-state index in [1.807, 2.05) is 0 Å². The van der Waals surface area contributed by atoms with Gasteiger partial charge < -0.3 is 5.32 Å². The minimum atomic E-state index is 0.673. The molecule has 1 N–H and O–H groups in total. The number of rotatable bonds is 3. The Morgan fingerprint density at radius 2 is 1.85 bits per heavy atom. The Kier molecular flexibility index (Phi) is 4.45. The summed E-state index contributed by atoms with van der Waals surface area (Å²) >= 11 is 0. The van der Waals surface area contributed by atoms with Crippen LogP contribution in [0.15, 0.2) is 30.3 Å². The van der Waals surface area contributed by atoms with Crippen LogP contribution in [0.1, 0.15) is 63.4 Å². The molecule has 1 aliphatic heterocycles. The van der Waals surface area contributed by atoms with Crippen LogP contribution >= 0.6 is 0 Å². The van der Waals surface area contributed by atoms with Gasteiger partial charge in [0, 0.05) is 0 Å². The average molecular weight is 271 g/mol. The summed E-state index contributed by atoms with van der Waals surface area (Å²) in [6, 6.07) is 11.2. The van der Waals surface area contributed by atoms with Crippen LogP contribution in [0.25, 0.3) is 0 Å². The normalized spacial score (nSPS) is 34.2. The summed E-state index contributed by atoms with van der Waals surface area (Å²) < 4.78 is 0. The lowest BCUT2D eigenvalue weighted by atomic mass is 9.59. The third-order valence-electron chi connectivity index (χ3n) is 5.95. The molecule has 1 saturated heterocycles. The molecule has 1 atom stereocenters. The topological polar surface area (TPSA) is 12.0 Å². The molecule has 1 nitrogen and oxygen atoms in total. The quantitative estimate of drug-likeness (QED) is 0.837. The Morgan fingerprint density at radius 3 is 2.55 bits per heavy atom. The summed E-state index contributed by atoms with van der Waals surface area (Å²) in [4.78, 5) is 0. The van der Waals surface area contributed by atoms with Gasteiger partial charge >= 0.3 is 0 Å². The first-order valence-corrected chi connectivity index (χ1v) is 8.60.